The average Bonchev–Trinajstić information content (AvgIpc) is 2.90. The molecule has 2 aliphatic rings. The Bertz CT molecular complexity index is 839. The molecule has 194 valence electrons. The standard InChI is InChI=1S/C28H42N2O5/c1-19(2)26(31)29-25(20(3)35-18-21-8-6-5-7-9-21)27(32)30-16-14-23(15-17-30)22-10-12-24(13-11-22)28(33)34-4/h10-13,19-21,23,25H,5-9,14-18H2,1-4H3,(H,29,31). The number of hydrogen-bond acceptors (Lipinski definition) is 5. The third kappa shape index (κ3) is 7.53. The number of hydrogen-bond donors (Lipinski definition) is 1. The van der Waals surface area contributed by atoms with Gasteiger partial charge in [0.1, 0.15) is 6.04 Å². The Morgan fingerprint density at radius 1 is 0.971 bits per heavy atom. The van der Waals surface area contributed by atoms with Crippen LogP contribution in [0.2, 0.25) is 0 Å². The summed E-state index contributed by atoms with van der Waals surface area (Å²) >= 11 is 0. The van der Waals surface area contributed by atoms with Crippen molar-refractivity contribution in [3.05, 3.63) is 35.4 Å². The lowest BCUT2D eigenvalue weighted by Gasteiger charge is -2.36. The summed E-state index contributed by atoms with van der Waals surface area (Å²) in [6.07, 6.45) is 7.44. The molecule has 0 aromatic heterocycles. The molecule has 1 heterocycles. The van der Waals surface area contributed by atoms with E-state index in [4.69, 9.17) is 9.47 Å². The maximum absolute atomic E-state index is 13.5. The number of rotatable bonds is 9. The second kappa shape index (κ2) is 13.1. The minimum Gasteiger partial charge on any atom is -0.465 e. The number of methoxy groups -OCH3 is 1. The Morgan fingerprint density at radius 3 is 2.17 bits per heavy atom. The molecule has 1 N–H and O–H groups in total. The van der Waals surface area contributed by atoms with Crippen molar-refractivity contribution in [2.24, 2.45) is 11.8 Å². The molecule has 1 saturated heterocycles. The topological polar surface area (TPSA) is 84.9 Å². The number of esters is 1. The van der Waals surface area contributed by atoms with Crippen LogP contribution in [0.5, 0.6) is 0 Å². The van der Waals surface area contributed by atoms with Gasteiger partial charge in [-0.25, -0.2) is 4.79 Å². The molecule has 0 radical (unpaired) electrons. The highest BCUT2D eigenvalue weighted by Crippen LogP contribution is 2.29. The highest BCUT2D eigenvalue weighted by Gasteiger charge is 2.34. The van der Waals surface area contributed by atoms with Gasteiger partial charge in [-0.2, -0.15) is 0 Å². The van der Waals surface area contributed by atoms with Crippen molar-refractivity contribution in [3.63, 3.8) is 0 Å². The molecule has 1 aliphatic heterocycles. The number of amides is 2. The Morgan fingerprint density at radius 2 is 1.60 bits per heavy atom. The van der Waals surface area contributed by atoms with E-state index in [1.807, 2.05) is 37.8 Å². The second-order valence-corrected chi connectivity index (χ2v) is 10.4. The molecular weight excluding hydrogens is 444 g/mol. The molecule has 7 nitrogen and oxygen atoms in total. The number of likely N-dealkylation sites (tertiary alicyclic amines) is 1. The zero-order chi connectivity index (χ0) is 25.4. The van der Waals surface area contributed by atoms with Gasteiger partial charge in [-0.15, -0.1) is 0 Å². The van der Waals surface area contributed by atoms with Gasteiger partial charge < -0.3 is 19.7 Å². The Balaban J connectivity index is 1.59. The minimum atomic E-state index is -0.676. The largest absolute Gasteiger partial charge is 0.465 e. The Labute approximate surface area is 209 Å². The fourth-order valence-electron chi connectivity index (χ4n) is 5.08. The maximum atomic E-state index is 13.5. The smallest absolute Gasteiger partial charge is 0.337 e. The van der Waals surface area contributed by atoms with Gasteiger partial charge >= 0.3 is 5.97 Å². The fourth-order valence-corrected chi connectivity index (χ4v) is 5.08. The summed E-state index contributed by atoms with van der Waals surface area (Å²) in [6.45, 7) is 7.48. The van der Waals surface area contributed by atoms with Crippen LogP contribution in [0.1, 0.15) is 87.6 Å². The predicted octanol–water partition coefficient (Wildman–Crippen LogP) is 4.31. The molecule has 2 unspecified atom stereocenters. The summed E-state index contributed by atoms with van der Waals surface area (Å²) in [6, 6.07) is 6.86. The second-order valence-electron chi connectivity index (χ2n) is 10.4. The van der Waals surface area contributed by atoms with Gasteiger partial charge in [0.2, 0.25) is 11.8 Å². The first-order valence-corrected chi connectivity index (χ1v) is 13.2. The fraction of sp³-hybridized carbons (Fsp3) is 0.679. The summed E-state index contributed by atoms with van der Waals surface area (Å²) in [5.41, 5.74) is 1.70. The van der Waals surface area contributed by atoms with E-state index in [1.165, 1.54) is 44.8 Å². The molecule has 1 aromatic rings. The van der Waals surface area contributed by atoms with E-state index in [-0.39, 0.29) is 29.8 Å². The lowest BCUT2D eigenvalue weighted by Crippen LogP contribution is -2.56. The van der Waals surface area contributed by atoms with Crippen molar-refractivity contribution in [2.75, 3.05) is 26.8 Å². The van der Waals surface area contributed by atoms with E-state index in [2.05, 4.69) is 5.32 Å². The van der Waals surface area contributed by atoms with Crippen LogP contribution in [-0.2, 0) is 19.1 Å². The highest BCUT2D eigenvalue weighted by molar-refractivity contribution is 5.89. The highest BCUT2D eigenvalue weighted by atomic mass is 16.5. The van der Waals surface area contributed by atoms with Crippen LogP contribution in [0.15, 0.2) is 24.3 Å². The van der Waals surface area contributed by atoms with E-state index < -0.39 is 6.04 Å². The van der Waals surface area contributed by atoms with Crippen LogP contribution in [-0.4, -0.2) is 61.6 Å². The summed E-state index contributed by atoms with van der Waals surface area (Å²) in [5.74, 6) is 0.144. The first kappa shape index (κ1) is 27.2. The van der Waals surface area contributed by atoms with Crippen LogP contribution in [0.3, 0.4) is 0 Å². The number of benzene rings is 1. The predicted molar refractivity (Wildman–Crippen MR) is 135 cm³/mol. The SMILES string of the molecule is COC(=O)c1ccc(C2CCN(C(=O)C(NC(=O)C(C)C)C(C)OCC3CCCCC3)CC2)cc1. The molecule has 0 spiro atoms. The molecule has 7 heteroatoms. The van der Waals surface area contributed by atoms with Gasteiger partial charge in [0.05, 0.1) is 18.8 Å². The zero-order valence-corrected chi connectivity index (χ0v) is 21.8. The van der Waals surface area contributed by atoms with Crippen molar-refractivity contribution in [3.8, 4) is 0 Å². The van der Waals surface area contributed by atoms with Crippen LogP contribution in [0, 0.1) is 11.8 Å². The van der Waals surface area contributed by atoms with Crippen LogP contribution >= 0.6 is 0 Å². The van der Waals surface area contributed by atoms with E-state index in [0.29, 0.717) is 37.1 Å². The van der Waals surface area contributed by atoms with E-state index in [9.17, 15) is 14.4 Å². The number of carbonyl (C=O) groups excluding carboxylic acids is 3. The van der Waals surface area contributed by atoms with E-state index in [1.54, 1.807) is 12.1 Å². The number of nitrogens with zero attached hydrogens (tertiary/aromatic N) is 1. The Kier molecular flexibility index (Phi) is 10.1. The molecule has 1 saturated carbocycles. The van der Waals surface area contributed by atoms with Gasteiger partial charge in [0, 0.05) is 25.6 Å². The molecule has 0 bridgehead atoms. The van der Waals surface area contributed by atoms with Crippen molar-refractivity contribution in [1.82, 2.24) is 10.2 Å². The number of carbonyl (C=O) groups is 3. The molecular formula is C28H42N2O5. The minimum absolute atomic E-state index is 0.0605. The van der Waals surface area contributed by atoms with Gasteiger partial charge in [-0.3, -0.25) is 9.59 Å². The average molecular weight is 487 g/mol. The van der Waals surface area contributed by atoms with Crippen molar-refractivity contribution < 1.29 is 23.9 Å². The lowest BCUT2D eigenvalue weighted by atomic mass is 9.88. The molecule has 3 rings (SSSR count). The number of nitrogens with one attached hydrogen (secondary N) is 1. The van der Waals surface area contributed by atoms with Gasteiger partial charge in [-0.05, 0) is 62.1 Å². The monoisotopic (exact) mass is 486 g/mol. The zero-order valence-electron chi connectivity index (χ0n) is 21.8. The molecule has 35 heavy (non-hydrogen) atoms. The number of ether oxygens (including phenoxy) is 2. The van der Waals surface area contributed by atoms with Gasteiger partial charge in [0.25, 0.3) is 0 Å². The summed E-state index contributed by atoms with van der Waals surface area (Å²) in [5, 5.41) is 2.97. The van der Waals surface area contributed by atoms with Crippen molar-refractivity contribution in [1.29, 1.82) is 0 Å². The van der Waals surface area contributed by atoms with Crippen LogP contribution < -0.4 is 5.32 Å². The normalized spacial score (nSPS) is 19.3. The van der Waals surface area contributed by atoms with Crippen molar-refractivity contribution in [2.45, 2.75) is 83.8 Å². The molecule has 2 atom stereocenters. The van der Waals surface area contributed by atoms with Crippen LogP contribution in [0.25, 0.3) is 0 Å². The molecule has 1 aliphatic carbocycles. The molecule has 1 aromatic carbocycles. The first-order chi connectivity index (χ1) is 16.8. The lowest BCUT2D eigenvalue weighted by molar-refractivity contribution is -0.142. The molecule has 2 fully saturated rings. The van der Waals surface area contributed by atoms with Crippen molar-refractivity contribution >= 4 is 17.8 Å². The maximum Gasteiger partial charge on any atom is 0.337 e. The molecule has 2 amide bonds. The van der Waals surface area contributed by atoms with E-state index >= 15 is 0 Å². The first-order valence-electron chi connectivity index (χ1n) is 13.2. The third-order valence-corrected chi connectivity index (χ3v) is 7.49. The Hall–Kier alpha value is -2.41. The summed E-state index contributed by atoms with van der Waals surface area (Å²) in [4.78, 5) is 39.6. The number of piperidine rings is 1. The quantitative estimate of drug-likeness (QED) is 0.526. The van der Waals surface area contributed by atoms with Gasteiger partial charge in [0.15, 0.2) is 0 Å². The summed E-state index contributed by atoms with van der Waals surface area (Å²) < 4.78 is 10.9. The van der Waals surface area contributed by atoms with Crippen LogP contribution in [0.4, 0.5) is 0 Å². The van der Waals surface area contributed by atoms with Gasteiger partial charge in [-0.1, -0.05) is 45.2 Å². The third-order valence-electron chi connectivity index (χ3n) is 7.49. The van der Waals surface area contributed by atoms with E-state index in [0.717, 1.165) is 12.8 Å². The summed E-state index contributed by atoms with van der Waals surface area (Å²) in [7, 11) is 1.38.